The van der Waals surface area contributed by atoms with Gasteiger partial charge in [0.05, 0.1) is 18.6 Å². The quantitative estimate of drug-likeness (QED) is 0.634. The summed E-state index contributed by atoms with van der Waals surface area (Å²) in [5.74, 6) is -0.0609. The van der Waals surface area contributed by atoms with Gasteiger partial charge in [-0.3, -0.25) is 4.79 Å². The minimum Gasteiger partial charge on any atom is -0.494 e. The largest absolute Gasteiger partial charge is 0.494 e. The molecule has 158 valence electrons. The lowest BCUT2D eigenvalue weighted by molar-refractivity contribution is -0.130. The first-order valence-electron chi connectivity index (χ1n) is 9.05. The molecule has 0 aliphatic carbocycles. The zero-order valence-electron chi connectivity index (χ0n) is 16.6. The molecule has 0 fully saturated rings. The SMILES string of the molecule is CCOc1ccc(S(=O)(=O)NCCC(=O)N(C)Cc2ccc(OC)c(F)c2)cc1. The second-order valence-electron chi connectivity index (χ2n) is 6.27. The maximum absolute atomic E-state index is 13.8. The third-order valence-corrected chi connectivity index (χ3v) is 5.61. The molecule has 1 amide bonds. The van der Waals surface area contributed by atoms with Gasteiger partial charge in [0.2, 0.25) is 15.9 Å². The summed E-state index contributed by atoms with van der Waals surface area (Å²) in [5.41, 5.74) is 0.606. The lowest BCUT2D eigenvalue weighted by Crippen LogP contribution is -2.32. The molecule has 0 saturated heterocycles. The molecular weight excluding hydrogens is 399 g/mol. The van der Waals surface area contributed by atoms with Crippen LogP contribution in [0.1, 0.15) is 18.9 Å². The van der Waals surface area contributed by atoms with Crippen molar-refractivity contribution in [3.05, 3.63) is 53.8 Å². The first-order chi connectivity index (χ1) is 13.8. The van der Waals surface area contributed by atoms with E-state index in [4.69, 9.17) is 9.47 Å². The highest BCUT2D eigenvalue weighted by Gasteiger charge is 2.16. The fraction of sp³-hybridized carbons (Fsp3) is 0.350. The van der Waals surface area contributed by atoms with E-state index in [2.05, 4.69) is 4.72 Å². The second kappa shape index (κ2) is 10.2. The van der Waals surface area contributed by atoms with Crippen LogP contribution in [0, 0.1) is 5.82 Å². The maximum Gasteiger partial charge on any atom is 0.240 e. The Morgan fingerprint density at radius 1 is 1.17 bits per heavy atom. The van der Waals surface area contributed by atoms with Crippen LogP contribution in [-0.4, -0.2) is 46.5 Å². The van der Waals surface area contributed by atoms with Gasteiger partial charge in [0.1, 0.15) is 5.75 Å². The molecule has 0 unspecified atom stereocenters. The molecule has 0 heterocycles. The molecule has 29 heavy (non-hydrogen) atoms. The van der Waals surface area contributed by atoms with Crippen LogP contribution < -0.4 is 14.2 Å². The predicted molar refractivity (Wildman–Crippen MR) is 107 cm³/mol. The monoisotopic (exact) mass is 424 g/mol. The summed E-state index contributed by atoms with van der Waals surface area (Å²) in [7, 11) is -0.773. The molecule has 0 aliphatic rings. The van der Waals surface area contributed by atoms with Crippen molar-refractivity contribution >= 4 is 15.9 Å². The standard InChI is InChI=1S/C20H25FN2O5S/c1-4-28-16-6-8-17(9-7-16)29(25,26)22-12-11-20(24)23(2)14-15-5-10-19(27-3)18(21)13-15/h5-10,13,22H,4,11-12,14H2,1-3H3. The first kappa shape index (κ1) is 22.6. The van der Waals surface area contributed by atoms with E-state index in [9.17, 15) is 17.6 Å². The Morgan fingerprint density at radius 3 is 2.45 bits per heavy atom. The van der Waals surface area contributed by atoms with Crippen LogP contribution in [-0.2, 0) is 21.4 Å². The molecule has 2 rings (SSSR count). The Labute approximate surface area is 170 Å². The third-order valence-electron chi connectivity index (χ3n) is 4.14. The molecular formula is C20H25FN2O5S. The summed E-state index contributed by atoms with van der Waals surface area (Å²) >= 11 is 0. The number of carbonyl (C=O) groups is 1. The van der Waals surface area contributed by atoms with Gasteiger partial charge in [-0.05, 0) is 48.9 Å². The molecule has 0 aliphatic heterocycles. The number of carbonyl (C=O) groups excluding carboxylic acids is 1. The van der Waals surface area contributed by atoms with Gasteiger partial charge >= 0.3 is 0 Å². The Balaban J connectivity index is 1.86. The van der Waals surface area contributed by atoms with Crippen molar-refractivity contribution in [3.63, 3.8) is 0 Å². The Kier molecular flexibility index (Phi) is 7.98. The molecule has 2 aromatic carbocycles. The Bertz CT molecular complexity index is 932. The van der Waals surface area contributed by atoms with Crippen molar-refractivity contribution in [2.45, 2.75) is 24.8 Å². The topological polar surface area (TPSA) is 84.9 Å². The van der Waals surface area contributed by atoms with Crippen molar-refractivity contribution in [2.75, 3.05) is 27.3 Å². The molecule has 2 aromatic rings. The molecule has 0 spiro atoms. The lowest BCUT2D eigenvalue weighted by Gasteiger charge is -2.18. The zero-order valence-corrected chi connectivity index (χ0v) is 17.5. The normalized spacial score (nSPS) is 11.2. The molecule has 0 atom stereocenters. The third kappa shape index (κ3) is 6.43. The summed E-state index contributed by atoms with van der Waals surface area (Å²) in [6.45, 7) is 2.48. The predicted octanol–water partition coefficient (Wildman–Crippen LogP) is 2.56. The smallest absolute Gasteiger partial charge is 0.240 e. The summed E-state index contributed by atoms with van der Waals surface area (Å²) in [6, 6.07) is 10.5. The number of hydrogen-bond donors (Lipinski definition) is 1. The number of rotatable bonds is 10. The fourth-order valence-electron chi connectivity index (χ4n) is 2.62. The Morgan fingerprint density at radius 2 is 1.86 bits per heavy atom. The van der Waals surface area contributed by atoms with Gasteiger partial charge in [-0.15, -0.1) is 0 Å². The van der Waals surface area contributed by atoms with Crippen molar-refractivity contribution in [3.8, 4) is 11.5 Å². The van der Waals surface area contributed by atoms with Crippen molar-refractivity contribution < 1.29 is 27.1 Å². The minimum absolute atomic E-state index is 0.0224. The summed E-state index contributed by atoms with van der Waals surface area (Å²) < 4.78 is 50.9. The number of hydrogen-bond acceptors (Lipinski definition) is 5. The summed E-state index contributed by atoms with van der Waals surface area (Å²) in [4.78, 5) is 13.8. The summed E-state index contributed by atoms with van der Waals surface area (Å²) in [6.07, 6.45) is -0.0224. The number of halogens is 1. The number of nitrogens with zero attached hydrogens (tertiary/aromatic N) is 1. The van der Waals surface area contributed by atoms with Gasteiger partial charge in [0, 0.05) is 26.6 Å². The highest BCUT2D eigenvalue weighted by atomic mass is 32.2. The van der Waals surface area contributed by atoms with Gasteiger partial charge in [0.25, 0.3) is 0 Å². The van der Waals surface area contributed by atoms with E-state index in [-0.39, 0.29) is 36.1 Å². The van der Waals surface area contributed by atoms with Crippen LogP contribution >= 0.6 is 0 Å². The molecule has 0 bridgehead atoms. The minimum atomic E-state index is -3.73. The number of ether oxygens (including phenoxy) is 2. The molecule has 0 radical (unpaired) electrons. The van der Waals surface area contributed by atoms with E-state index < -0.39 is 15.8 Å². The Hall–Kier alpha value is -2.65. The lowest BCUT2D eigenvalue weighted by atomic mass is 10.2. The average Bonchev–Trinajstić information content (AvgIpc) is 2.68. The van der Waals surface area contributed by atoms with Crippen LogP contribution in [0.15, 0.2) is 47.4 Å². The highest BCUT2D eigenvalue weighted by molar-refractivity contribution is 7.89. The van der Waals surface area contributed by atoms with Crippen molar-refractivity contribution in [1.29, 1.82) is 0 Å². The fourth-order valence-corrected chi connectivity index (χ4v) is 3.65. The van der Waals surface area contributed by atoms with Crippen LogP contribution in [0.3, 0.4) is 0 Å². The van der Waals surface area contributed by atoms with Gasteiger partial charge in [-0.1, -0.05) is 6.07 Å². The number of benzene rings is 2. The van der Waals surface area contributed by atoms with E-state index in [1.807, 2.05) is 6.92 Å². The van der Waals surface area contributed by atoms with Gasteiger partial charge < -0.3 is 14.4 Å². The summed E-state index contributed by atoms with van der Waals surface area (Å²) in [5, 5.41) is 0. The molecule has 1 N–H and O–H groups in total. The van der Waals surface area contributed by atoms with Gasteiger partial charge in [-0.25, -0.2) is 17.5 Å². The van der Waals surface area contributed by atoms with E-state index in [1.165, 1.54) is 36.3 Å². The van der Waals surface area contributed by atoms with E-state index >= 15 is 0 Å². The van der Waals surface area contributed by atoms with Crippen LogP contribution in [0.4, 0.5) is 4.39 Å². The molecule has 0 aromatic heterocycles. The van der Waals surface area contributed by atoms with Crippen LogP contribution in [0.25, 0.3) is 0 Å². The van der Waals surface area contributed by atoms with Crippen molar-refractivity contribution in [1.82, 2.24) is 9.62 Å². The highest BCUT2D eigenvalue weighted by Crippen LogP contribution is 2.19. The molecule has 7 nitrogen and oxygen atoms in total. The maximum atomic E-state index is 13.8. The number of methoxy groups -OCH3 is 1. The number of sulfonamides is 1. The molecule has 9 heteroatoms. The average molecular weight is 424 g/mol. The van der Waals surface area contributed by atoms with Gasteiger partial charge in [0.15, 0.2) is 11.6 Å². The van der Waals surface area contributed by atoms with E-state index in [0.717, 1.165) is 0 Å². The van der Waals surface area contributed by atoms with E-state index in [1.54, 1.807) is 25.2 Å². The zero-order chi connectivity index (χ0) is 21.4. The van der Waals surface area contributed by atoms with Crippen LogP contribution in [0.2, 0.25) is 0 Å². The second-order valence-corrected chi connectivity index (χ2v) is 8.04. The van der Waals surface area contributed by atoms with E-state index in [0.29, 0.717) is 17.9 Å². The molecule has 0 saturated carbocycles. The van der Waals surface area contributed by atoms with Crippen molar-refractivity contribution in [2.24, 2.45) is 0 Å². The first-order valence-corrected chi connectivity index (χ1v) is 10.5. The number of amides is 1. The number of nitrogens with one attached hydrogen (secondary N) is 1. The van der Waals surface area contributed by atoms with Crippen LogP contribution in [0.5, 0.6) is 11.5 Å². The van der Waals surface area contributed by atoms with Gasteiger partial charge in [-0.2, -0.15) is 0 Å².